The van der Waals surface area contributed by atoms with Crippen molar-refractivity contribution in [1.82, 2.24) is 30.2 Å². The van der Waals surface area contributed by atoms with Crippen molar-refractivity contribution in [1.29, 1.82) is 5.26 Å². The minimum absolute atomic E-state index is 0.00107. The van der Waals surface area contributed by atoms with E-state index in [2.05, 4.69) is 21.6 Å². The van der Waals surface area contributed by atoms with Gasteiger partial charge in [-0.15, -0.1) is 10.2 Å². The second-order valence-corrected chi connectivity index (χ2v) is 14.4. The molecule has 0 bridgehead atoms. The summed E-state index contributed by atoms with van der Waals surface area (Å²) in [5.41, 5.74) is 4.09. The van der Waals surface area contributed by atoms with Crippen molar-refractivity contribution < 1.29 is 18.8 Å². The fraction of sp³-hybridized carbons (Fsp3) is 0.514. The number of benzene rings is 2. The Hall–Kier alpha value is -4.56. The number of carbonyl (C=O) groups excluding carboxylic acids is 3. The van der Waals surface area contributed by atoms with Gasteiger partial charge in [0.25, 0.3) is 11.8 Å². The monoisotopic (exact) mass is 651 g/mol. The first kappa shape index (κ1) is 33.3. The van der Waals surface area contributed by atoms with E-state index in [1.165, 1.54) is 0 Å². The summed E-state index contributed by atoms with van der Waals surface area (Å²) < 4.78 is 6.53. The van der Waals surface area contributed by atoms with Crippen LogP contribution in [0.2, 0.25) is 0 Å². The highest BCUT2D eigenvalue weighted by Gasteiger charge is 2.54. The Morgan fingerprint density at radius 2 is 1.54 bits per heavy atom. The first-order valence-corrected chi connectivity index (χ1v) is 16.8. The van der Waals surface area contributed by atoms with E-state index in [0.717, 1.165) is 35.1 Å². The SMILES string of the molecule is CC(C)c1nnc(C2(C[C@@H](C)NCC(=O)N3[C@H](C#N)C[C@@H]4C[C@@H]43)c3ccc(C(=O)N(C)C)cc3CCc3cc(C(=O)N(C)C)ccc32)o1. The predicted octanol–water partition coefficient (Wildman–Crippen LogP) is 3.91. The van der Waals surface area contributed by atoms with E-state index in [1.807, 2.05) is 57.2 Å². The number of fused-ring (bicyclic) bond motifs is 3. The molecule has 1 saturated carbocycles. The Bertz CT molecular complexity index is 1720. The Kier molecular flexibility index (Phi) is 8.90. The molecule has 1 aromatic heterocycles. The van der Waals surface area contributed by atoms with Crippen molar-refractivity contribution in [2.45, 2.75) is 82.3 Å². The maximum absolute atomic E-state index is 13.4. The van der Waals surface area contributed by atoms with Gasteiger partial charge in [-0.25, -0.2) is 0 Å². The Balaban J connectivity index is 1.47. The van der Waals surface area contributed by atoms with Crippen LogP contribution >= 0.6 is 0 Å². The van der Waals surface area contributed by atoms with Crippen LogP contribution in [0.1, 0.15) is 101 Å². The number of rotatable bonds is 9. The van der Waals surface area contributed by atoms with E-state index in [-0.39, 0.29) is 48.3 Å². The lowest BCUT2D eigenvalue weighted by atomic mass is 9.68. The number of hydrogen-bond donors (Lipinski definition) is 1. The van der Waals surface area contributed by atoms with Crippen LogP contribution in [0.15, 0.2) is 40.8 Å². The highest BCUT2D eigenvalue weighted by molar-refractivity contribution is 5.95. The van der Waals surface area contributed by atoms with E-state index >= 15 is 0 Å². The highest BCUT2D eigenvalue weighted by Crippen LogP contribution is 2.49. The average molecular weight is 652 g/mol. The van der Waals surface area contributed by atoms with Gasteiger partial charge >= 0.3 is 0 Å². The number of carbonyl (C=O) groups is 3. The van der Waals surface area contributed by atoms with E-state index in [0.29, 0.717) is 48.1 Å². The molecular formula is C37H45N7O4. The molecule has 2 fully saturated rings. The van der Waals surface area contributed by atoms with Crippen LogP contribution in [0.5, 0.6) is 0 Å². The van der Waals surface area contributed by atoms with Gasteiger partial charge in [0, 0.05) is 57.3 Å². The van der Waals surface area contributed by atoms with E-state index < -0.39 is 5.41 Å². The molecule has 1 saturated heterocycles. The zero-order valence-electron chi connectivity index (χ0n) is 28.9. The summed E-state index contributed by atoms with van der Waals surface area (Å²) in [4.78, 5) is 44.6. The molecule has 3 aliphatic rings. The molecule has 4 atom stereocenters. The second-order valence-electron chi connectivity index (χ2n) is 14.4. The van der Waals surface area contributed by atoms with Crippen LogP contribution in [-0.2, 0) is 23.1 Å². The van der Waals surface area contributed by atoms with Crippen molar-refractivity contribution in [3.05, 3.63) is 81.6 Å². The molecule has 1 aliphatic heterocycles. The number of hydrogen-bond acceptors (Lipinski definition) is 8. The van der Waals surface area contributed by atoms with Crippen molar-refractivity contribution in [3.63, 3.8) is 0 Å². The van der Waals surface area contributed by atoms with Gasteiger partial charge in [0.05, 0.1) is 12.6 Å². The Morgan fingerprint density at radius 3 is 2.04 bits per heavy atom. The van der Waals surface area contributed by atoms with E-state index in [9.17, 15) is 19.6 Å². The summed E-state index contributed by atoms with van der Waals surface area (Å²) >= 11 is 0. The fourth-order valence-corrected chi connectivity index (χ4v) is 7.62. The van der Waals surface area contributed by atoms with Gasteiger partial charge in [-0.3, -0.25) is 14.4 Å². The number of nitrogens with one attached hydrogen (secondary N) is 1. The van der Waals surface area contributed by atoms with Gasteiger partial charge < -0.3 is 24.4 Å². The zero-order chi connectivity index (χ0) is 34.5. The molecule has 0 radical (unpaired) electrons. The maximum Gasteiger partial charge on any atom is 0.253 e. The van der Waals surface area contributed by atoms with Crippen molar-refractivity contribution in [3.8, 4) is 6.07 Å². The quantitative estimate of drug-likeness (QED) is 0.368. The number of likely N-dealkylation sites (tertiary alicyclic amines) is 1. The summed E-state index contributed by atoms with van der Waals surface area (Å²) in [5.74, 6) is 1.15. The third-order valence-electron chi connectivity index (χ3n) is 10.2. The first-order chi connectivity index (χ1) is 22.8. The smallest absolute Gasteiger partial charge is 0.253 e. The van der Waals surface area contributed by atoms with E-state index in [4.69, 9.17) is 4.42 Å². The zero-order valence-corrected chi connectivity index (χ0v) is 28.9. The first-order valence-electron chi connectivity index (χ1n) is 16.8. The summed E-state index contributed by atoms with van der Waals surface area (Å²) in [7, 11) is 6.95. The standard InChI is InChI=1S/C37H45N7O4/c1-21(2)33-40-41-36(48-33)37(18-22(3)39-20-32(45)44-28(19-38)16-27-17-31(27)44)29-12-10-25(34(46)42(4)5)14-23(29)8-9-24-15-26(11-13-30(24)37)35(47)43(6)7/h10-15,21-22,27-28,31,39H,8-9,16-18,20H2,1-7H3/t22-,27-,28+,31+/m1/s1. The highest BCUT2D eigenvalue weighted by atomic mass is 16.4. The molecule has 3 amide bonds. The van der Waals surface area contributed by atoms with Crippen LogP contribution in [0, 0.1) is 17.2 Å². The number of aromatic nitrogens is 2. The van der Waals surface area contributed by atoms with Crippen LogP contribution < -0.4 is 5.32 Å². The molecule has 2 heterocycles. The van der Waals surface area contributed by atoms with Gasteiger partial charge in [-0.2, -0.15) is 5.26 Å². The molecule has 3 aromatic rings. The Morgan fingerprint density at radius 1 is 0.958 bits per heavy atom. The van der Waals surface area contributed by atoms with E-state index in [1.54, 1.807) is 42.9 Å². The molecule has 2 aliphatic carbocycles. The van der Waals surface area contributed by atoms with Gasteiger partial charge in [0.1, 0.15) is 11.5 Å². The molecule has 2 aromatic carbocycles. The number of piperidine rings is 1. The maximum atomic E-state index is 13.4. The molecule has 252 valence electrons. The number of aryl methyl sites for hydroxylation is 2. The topological polar surface area (TPSA) is 136 Å². The van der Waals surface area contributed by atoms with Crippen LogP contribution in [-0.4, -0.2) is 95.5 Å². The van der Waals surface area contributed by atoms with Crippen LogP contribution in [0.3, 0.4) is 0 Å². The van der Waals surface area contributed by atoms with Gasteiger partial charge in [-0.05, 0) is 91.5 Å². The van der Waals surface area contributed by atoms with Gasteiger partial charge in [-0.1, -0.05) is 26.0 Å². The third-order valence-corrected chi connectivity index (χ3v) is 10.2. The normalized spacial score (nSPS) is 21.0. The van der Waals surface area contributed by atoms with Gasteiger partial charge in [0.2, 0.25) is 17.7 Å². The van der Waals surface area contributed by atoms with Crippen molar-refractivity contribution in [2.24, 2.45) is 5.92 Å². The molecule has 0 spiro atoms. The molecule has 11 heteroatoms. The second kappa shape index (κ2) is 12.8. The lowest BCUT2D eigenvalue weighted by Gasteiger charge is -2.36. The summed E-state index contributed by atoms with van der Waals surface area (Å²) in [6, 6.07) is 13.6. The fourth-order valence-electron chi connectivity index (χ4n) is 7.62. The summed E-state index contributed by atoms with van der Waals surface area (Å²) in [5, 5.41) is 22.3. The molecule has 1 N–H and O–H groups in total. The van der Waals surface area contributed by atoms with Gasteiger partial charge in [0.15, 0.2) is 0 Å². The van der Waals surface area contributed by atoms with Crippen LogP contribution in [0.25, 0.3) is 0 Å². The minimum Gasteiger partial charge on any atom is -0.424 e. The molecule has 11 nitrogen and oxygen atoms in total. The Labute approximate surface area is 282 Å². The van der Waals surface area contributed by atoms with Crippen LogP contribution in [0.4, 0.5) is 0 Å². The number of amides is 3. The number of nitriles is 1. The minimum atomic E-state index is -0.958. The lowest BCUT2D eigenvalue weighted by molar-refractivity contribution is -0.131. The average Bonchev–Trinajstić information content (AvgIpc) is 3.48. The lowest BCUT2D eigenvalue weighted by Crippen LogP contribution is -2.46. The molecular weight excluding hydrogens is 606 g/mol. The number of nitrogens with zero attached hydrogens (tertiary/aromatic N) is 6. The molecule has 6 rings (SSSR count). The predicted molar refractivity (Wildman–Crippen MR) is 179 cm³/mol. The largest absolute Gasteiger partial charge is 0.424 e. The third kappa shape index (κ3) is 5.87. The summed E-state index contributed by atoms with van der Waals surface area (Å²) in [6.07, 6.45) is 3.45. The molecule has 0 unspecified atom stereocenters. The molecule has 48 heavy (non-hydrogen) atoms. The van der Waals surface area contributed by atoms with Crippen molar-refractivity contribution >= 4 is 17.7 Å². The van der Waals surface area contributed by atoms with Crippen molar-refractivity contribution in [2.75, 3.05) is 34.7 Å². The summed E-state index contributed by atoms with van der Waals surface area (Å²) in [6.45, 7) is 6.15.